The number of piperidine rings is 1. The van der Waals surface area contributed by atoms with Crippen molar-refractivity contribution >= 4 is 11.8 Å². The minimum Gasteiger partial charge on any atom is -0.348 e. The predicted molar refractivity (Wildman–Crippen MR) is 126 cm³/mol. The Morgan fingerprint density at radius 2 is 1.59 bits per heavy atom. The monoisotopic (exact) mass is 427 g/mol. The van der Waals surface area contributed by atoms with Crippen molar-refractivity contribution in [1.82, 2.24) is 14.8 Å². The van der Waals surface area contributed by atoms with E-state index in [1.54, 1.807) is 31.4 Å². The van der Waals surface area contributed by atoms with Crippen LogP contribution in [0.4, 0.5) is 0 Å². The minimum absolute atomic E-state index is 0.00531. The first-order chi connectivity index (χ1) is 15.5. The van der Waals surface area contributed by atoms with E-state index < -0.39 is 5.41 Å². The molecule has 0 unspecified atom stereocenters. The van der Waals surface area contributed by atoms with Gasteiger partial charge in [-0.25, -0.2) is 0 Å². The molecule has 0 saturated carbocycles. The van der Waals surface area contributed by atoms with Gasteiger partial charge in [-0.3, -0.25) is 14.6 Å². The van der Waals surface area contributed by atoms with Gasteiger partial charge in [0.1, 0.15) is 0 Å². The smallest absolute Gasteiger partial charge is 0.253 e. The number of nitrogens with zero attached hydrogens (tertiary/aromatic N) is 3. The molecule has 2 heterocycles. The maximum Gasteiger partial charge on any atom is 0.253 e. The Balaban J connectivity index is 1.59. The van der Waals surface area contributed by atoms with Gasteiger partial charge in [-0.05, 0) is 60.2 Å². The molecule has 0 N–H and O–H groups in total. The van der Waals surface area contributed by atoms with Gasteiger partial charge in [0.25, 0.3) is 5.91 Å². The number of aromatic nitrogens is 1. The summed E-state index contributed by atoms with van der Waals surface area (Å²) in [7, 11) is 3.60. The van der Waals surface area contributed by atoms with Crippen molar-refractivity contribution in [2.24, 2.45) is 5.41 Å². The fourth-order valence-corrected chi connectivity index (χ4v) is 4.69. The summed E-state index contributed by atoms with van der Waals surface area (Å²) in [6.07, 6.45) is 5.77. The molecule has 3 aromatic rings. The van der Waals surface area contributed by atoms with Crippen LogP contribution in [0.1, 0.15) is 28.8 Å². The van der Waals surface area contributed by atoms with Gasteiger partial charge < -0.3 is 9.80 Å². The predicted octanol–water partition coefficient (Wildman–Crippen LogP) is 4.30. The highest BCUT2D eigenvalue weighted by atomic mass is 16.2. The fourth-order valence-electron chi connectivity index (χ4n) is 4.69. The molecule has 1 atom stereocenters. The lowest BCUT2D eigenvalue weighted by atomic mass is 9.73. The molecule has 32 heavy (non-hydrogen) atoms. The van der Waals surface area contributed by atoms with Crippen molar-refractivity contribution in [3.8, 4) is 11.1 Å². The quantitative estimate of drug-likeness (QED) is 0.610. The second kappa shape index (κ2) is 9.35. The topological polar surface area (TPSA) is 53.5 Å². The summed E-state index contributed by atoms with van der Waals surface area (Å²) in [5, 5.41) is 0. The zero-order chi connectivity index (χ0) is 22.6. The van der Waals surface area contributed by atoms with Crippen LogP contribution in [0.15, 0.2) is 79.1 Å². The number of amides is 2. The molecule has 4 rings (SSSR count). The van der Waals surface area contributed by atoms with Crippen molar-refractivity contribution in [3.05, 3.63) is 90.3 Å². The molecular formula is C27H29N3O2. The molecule has 0 bridgehead atoms. The zero-order valence-electron chi connectivity index (χ0n) is 18.7. The number of carbonyl (C=O) groups excluding carboxylic acids is 2. The third kappa shape index (κ3) is 4.57. The van der Waals surface area contributed by atoms with Gasteiger partial charge in [0.05, 0.1) is 5.41 Å². The van der Waals surface area contributed by atoms with Crippen LogP contribution in [0.25, 0.3) is 11.1 Å². The van der Waals surface area contributed by atoms with E-state index in [-0.39, 0.29) is 11.8 Å². The van der Waals surface area contributed by atoms with E-state index >= 15 is 0 Å². The number of hydrogen-bond acceptors (Lipinski definition) is 3. The Morgan fingerprint density at radius 3 is 2.25 bits per heavy atom. The van der Waals surface area contributed by atoms with Gasteiger partial charge in [-0.1, -0.05) is 42.5 Å². The van der Waals surface area contributed by atoms with Gasteiger partial charge >= 0.3 is 0 Å². The second-order valence-corrected chi connectivity index (χ2v) is 8.79. The Hall–Kier alpha value is -3.47. The molecule has 1 aliphatic heterocycles. The highest BCUT2D eigenvalue weighted by Crippen LogP contribution is 2.36. The maximum atomic E-state index is 13.4. The summed E-state index contributed by atoms with van der Waals surface area (Å²) in [6, 6.07) is 21.7. The summed E-state index contributed by atoms with van der Waals surface area (Å²) >= 11 is 0. The summed E-state index contributed by atoms with van der Waals surface area (Å²) in [4.78, 5) is 34.1. The van der Waals surface area contributed by atoms with Crippen LogP contribution in [0, 0.1) is 5.41 Å². The normalized spacial score (nSPS) is 18.2. The van der Waals surface area contributed by atoms with Crippen molar-refractivity contribution in [2.45, 2.75) is 19.3 Å². The fraction of sp³-hybridized carbons (Fsp3) is 0.296. The molecule has 164 valence electrons. The average molecular weight is 428 g/mol. The Bertz CT molecular complexity index is 1070. The molecule has 1 fully saturated rings. The molecule has 0 spiro atoms. The molecular weight excluding hydrogens is 398 g/mol. The highest BCUT2D eigenvalue weighted by molar-refractivity contribution is 5.95. The molecule has 2 aromatic carbocycles. The Kier molecular flexibility index (Phi) is 6.35. The van der Waals surface area contributed by atoms with Crippen molar-refractivity contribution < 1.29 is 9.59 Å². The van der Waals surface area contributed by atoms with Gasteiger partial charge in [0, 0.05) is 45.1 Å². The molecule has 0 aliphatic carbocycles. The number of benzene rings is 2. The van der Waals surface area contributed by atoms with Crippen LogP contribution in [0.2, 0.25) is 0 Å². The number of rotatable bonds is 5. The van der Waals surface area contributed by atoms with E-state index in [1.807, 2.05) is 47.4 Å². The van der Waals surface area contributed by atoms with Crippen molar-refractivity contribution in [1.29, 1.82) is 0 Å². The van der Waals surface area contributed by atoms with E-state index in [4.69, 9.17) is 0 Å². The van der Waals surface area contributed by atoms with E-state index in [2.05, 4.69) is 29.2 Å². The minimum atomic E-state index is -0.621. The lowest BCUT2D eigenvalue weighted by Gasteiger charge is -2.43. The van der Waals surface area contributed by atoms with Crippen LogP contribution in [-0.4, -0.2) is 53.8 Å². The van der Waals surface area contributed by atoms with Crippen LogP contribution in [0.3, 0.4) is 0 Å². The first-order valence-corrected chi connectivity index (χ1v) is 11.0. The largest absolute Gasteiger partial charge is 0.348 e. The second-order valence-electron chi connectivity index (χ2n) is 8.79. The van der Waals surface area contributed by atoms with E-state index in [1.165, 1.54) is 0 Å². The van der Waals surface area contributed by atoms with E-state index in [0.717, 1.165) is 29.5 Å². The highest BCUT2D eigenvalue weighted by Gasteiger charge is 2.44. The average Bonchev–Trinajstić information content (AvgIpc) is 2.84. The standard InChI is InChI=1S/C27H29N3O2/c1-29(2)26(32)27(15-6-18-30(20-27)25(31)24-7-4-3-5-8-24)19-21-9-11-22(12-10-21)23-13-16-28-17-14-23/h3-5,7-14,16-17H,6,15,18-20H2,1-2H3/t27-/m0/s1. The molecule has 0 radical (unpaired) electrons. The molecule has 1 saturated heterocycles. The third-order valence-electron chi connectivity index (χ3n) is 6.25. The number of carbonyl (C=O) groups is 2. The molecule has 1 aliphatic rings. The van der Waals surface area contributed by atoms with Gasteiger partial charge in [0.2, 0.25) is 5.91 Å². The molecule has 5 nitrogen and oxygen atoms in total. The van der Waals surface area contributed by atoms with E-state index in [0.29, 0.717) is 25.1 Å². The first-order valence-electron chi connectivity index (χ1n) is 11.0. The summed E-state index contributed by atoms with van der Waals surface area (Å²) in [5.41, 5.74) is 3.38. The lowest BCUT2D eigenvalue weighted by molar-refractivity contribution is -0.142. The summed E-state index contributed by atoms with van der Waals surface area (Å²) < 4.78 is 0. The third-order valence-corrected chi connectivity index (χ3v) is 6.25. The van der Waals surface area contributed by atoms with E-state index in [9.17, 15) is 9.59 Å². The first kappa shape index (κ1) is 21.8. The lowest BCUT2D eigenvalue weighted by Crippen LogP contribution is -2.54. The number of hydrogen-bond donors (Lipinski definition) is 0. The van der Waals surface area contributed by atoms with Gasteiger partial charge in [-0.15, -0.1) is 0 Å². The van der Waals surface area contributed by atoms with Gasteiger partial charge in [-0.2, -0.15) is 0 Å². The Morgan fingerprint density at radius 1 is 0.938 bits per heavy atom. The van der Waals surface area contributed by atoms with Crippen LogP contribution < -0.4 is 0 Å². The number of pyridine rings is 1. The Labute approximate surface area is 189 Å². The molecule has 2 amide bonds. The van der Waals surface area contributed by atoms with Gasteiger partial charge in [0.15, 0.2) is 0 Å². The summed E-state index contributed by atoms with van der Waals surface area (Å²) in [5.74, 6) is 0.0792. The zero-order valence-corrected chi connectivity index (χ0v) is 18.7. The maximum absolute atomic E-state index is 13.4. The summed E-state index contributed by atoms with van der Waals surface area (Å²) in [6.45, 7) is 1.11. The van der Waals surface area contributed by atoms with Crippen LogP contribution in [0.5, 0.6) is 0 Å². The van der Waals surface area contributed by atoms with Crippen LogP contribution in [-0.2, 0) is 11.2 Å². The SMILES string of the molecule is CN(C)C(=O)[C@]1(Cc2ccc(-c3ccncc3)cc2)CCCN(C(=O)c2ccccc2)C1. The van der Waals surface area contributed by atoms with Crippen LogP contribution >= 0.6 is 0 Å². The molecule has 5 heteroatoms. The van der Waals surface area contributed by atoms with Crippen molar-refractivity contribution in [3.63, 3.8) is 0 Å². The molecule has 1 aromatic heterocycles. The van der Waals surface area contributed by atoms with Crippen molar-refractivity contribution in [2.75, 3.05) is 27.2 Å². The number of likely N-dealkylation sites (tertiary alicyclic amines) is 1.